The van der Waals surface area contributed by atoms with Crippen LogP contribution in [0.15, 0.2) is 42.5 Å². The molecule has 3 rings (SSSR count). The Morgan fingerprint density at radius 2 is 1.86 bits per heavy atom. The number of ether oxygens (including phenoxy) is 1. The molecule has 1 fully saturated rings. The van der Waals surface area contributed by atoms with Crippen LogP contribution in [-0.4, -0.2) is 49.6 Å². The lowest BCUT2D eigenvalue weighted by atomic mass is 10.1. The molecule has 1 unspecified atom stereocenters. The zero-order chi connectivity index (χ0) is 20.1. The molecule has 1 aliphatic rings. The van der Waals surface area contributed by atoms with Crippen LogP contribution in [0.1, 0.15) is 25.0 Å². The largest absolute Gasteiger partial charge is 0.481 e. The van der Waals surface area contributed by atoms with Crippen LogP contribution in [0.5, 0.6) is 5.75 Å². The smallest absolute Gasteiger partial charge is 0.265 e. The zero-order valence-electron chi connectivity index (χ0n) is 17.4. The van der Waals surface area contributed by atoms with Gasteiger partial charge in [0.25, 0.3) is 5.91 Å². The lowest BCUT2D eigenvalue weighted by molar-refractivity contribution is -0.122. The van der Waals surface area contributed by atoms with E-state index in [1.807, 2.05) is 44.2 Å². The fourth-order valence-electron chi connectivity index (χ4n) is 3.49. The number of hydrogen-bond donors (Lipinski definition) is 1. The van der Waals surface area contributed by atoms with Crippen LogP contribution in [0, 0.1) is 13.8 Å². The molecule has 1 saturated heterocycles. The Morgan fingerprint density at radius 1 is 1.11 bits per heavy atom. The SMILES string of the molecule is CCN1CCN(c2ccc(NC(=O)C(C)Oc3cccc(C)c3)c(C)c2)CC1. The first kappa shape index (κ1) is 20.2. The van der Waals surface area contributed by atoms with Crippen molar-refractivity contribution in [1.82, 2.24) is 4.90 Å². The summed E-state index contributed by atoms with van der Waals surface area (Å²) in [6.07, 6.45) is -0.567. The quantitative estimate of drug-likeness (QED) is 0.825. The van der Waals surface area contributed by atoms with Crippen molar-refractivity contribution in [2.75, 3.05) is 42.9 Å². The van der Waals surface area contributed by atoms with Crippen LogP contribution in [0.4, 0.5) is 11.4 Å². The molecule has 1 amide bonds. The molecular weight excluding hydrogens is 350 g/mol. The number of benzene rings is 2. The molecule has 5 heteroatoms. The molecule has 28 heavy (non-hydrogen) atoms. The standard InChI is InChI=1S/C23H31N3O2/c1-5-25-11-13-26(14-12-25)20-9-10-22(18(3)16-20)24-23(27)19(4)28-21-8-6-7-17(2)15-21/h6-10,15-16,19H,5,11-14H2,1-4H3,(H,24,27). The van der Waals surface area contributed by atoms with Crippen molar-refractivity contribution < 1.29 is 9.53 Å². The predicted molar refractivity (Wildman–Crippen MR) is 115 cm³/mol. The van der Waals surface area contributed by atoms with Crippen LogP contribution in [0.25, 0.3) is 0 Å². The van der Waals surface area contributed by atoms with Crippen molar-refractivity contribution in [3.8, 4) is 5.75 Å². The first-order valence-electron chi connectivity index (χ1n) is 10.1. The van der Waals surface area contributed by atoms with E-state index in [1.165, 1.54) is 5.69 Å². The third-order valence-electron chi connectivity index (χ3n) is 5.32. The number of carbonyl (C=O) groups excluding carboxylic acids is 1. The molecule has 1 atom stereocenters. The summed E-state index contributed by atoms with van der Waals surface area (Å²) in [6, 6.07) is 14.0. The van der Waals surface area contributed by atoms with Gasteiger partial charge < -0.3 is 19.9 Å². The number of carbonyl (C=O) groups is 1. The average Bonchev–Trinajstić information content (AvgIpc) is 2.69. The van der Waals surface area contributed by atoms with Crippen molar-refractivity contribution in [2.45, 2.75) is 33.8 Å². The van der Waals surface area contributed by atoms with Crippen molar-refractivity contribution in [2.24, 2.45) is 0 Å². The average molecular weight is 382 g/mol. The maximum Gasteiger partial charge on any atom is 0.265 e. The maximum absolute atomic E-state index is 12.6. The van der Waals surface area contributed by atoms with E-state index in [0.717, 1.165) is 49.5 Å². The number of aryl methyl sites for hydroxylation is 2. The first-order chi connectivity index (χ1) is 13.5. The summed E-state index contributed by atoms with van der Waals surface area (Å²) in [6.45, 7) is 13.4. The van der Waals surface area contributed by atoms with Crippen molar-refractivity contribution >= 4 is 17.3 Å². The van der Waals surface area contributed by atoms with Gasteiger partial charge in [0.15, 0.2) is 6.10 Å². The number of nitrogens with one attached hydrogen (secondary N) is 1. The Morgan fingerprint density at radius 3 is 2.50 bits per heavy atom. The molecule has 0 aromatic heterocycles. The van der Waals surface area contributed by atoms with E-state index in [9.17, 15) is 4.79 Å². The van der Waals surface area contributed by atoms with Crippen LogP contribution in [-0.2, 0) is 4.79 Å². The van der Waals surface area contributed by atoms with Gasteiger partial charge >= 0.3 is 0 Å². The Balaban J connectivity index is 1.60. The normalized spacial score (nSPS) is 15.9. The van der Waals surface area contributed by atoms with Gasteiger partial charge in [-0.25, -0.2) is 0 Å². The highest BCUT2D eigenvalue weighted by Crippen LogP contribution is 2.24. The van der Waals surface area contributed by atoms with E-state index in [-0.39, 0.29) is 5.91 Å². The van der Waals surface area contributed by atoms with E-state index in [4.69, 9.17) is 4.74 Å². The number of amides is 1. The van der Waals surface area contributed by atoms with Gasteiger partial charge in [-0.3, -0.25) is 4.79 Å². The molecule has 0 spiro atoms. The summed E-state index contributed by atoms with van der Waals surface area (Å²) < 4.78 is 5.78. The van der Waals surface area contributed by atoms with Gasteiger partial charge in [-0.2, -0.15) is 0 Å². The fourth-order valence-corrected chi connectivity index (χ4v) is 3.49. The highest BCUT2D eigenvalue weighted by atomic mass is 16.5. The summed E-state index contributed by atoms with van der Waals surface area (Å²) in [7, 11) is 0. The molecule has 0 radical (unpaired) electrons. The molecule has 0 aliphatic carbocycles. The molecule has 1 heterocycles. The first-order valence-corrected chi connectivity index (χ1v) is 10.1. The molecule has 5 nitrogen and oxygen atoms in total. The number of likely N-dealkylation sites (N-methyl/N-ethyl adjacent to an activating group) is 1. The van der Waals surface area contributed by atoms with E-state index < -0.39 is 6.10 Å². The highest BCUT2D eigenvalue weighted by Gasteiger charge is 2.18. The van der Waals surface area contributed by atoms with Crippen LogP contribution >= 0.6 is 0 Å². The molecule has 1 aliphatic heterocycles. The van der Waals surface area contributed by atoms with Crippen molar-refractivity contribution in [3.05, 3.63) is 53.6 Å². The molecule has 2 aromatic rings. The second-order valence-corrected chi connectivity index (χ2v) is 7.49. The minimum atomic E-state index is -0.567. The number of anilines is 2. The van der Waals surface area contributed by atoms with Gasteiger partial charge in [-0.1, -0.05) is 19.1 Å². The van der Waals surface area contributed by atoms with E-state index >= 15 is 0 Å². The molecule has 0 saturated carbocycles. The van der Waals surface area contributed by atoms with Gasteiger partial charge in [-0.05, 0) is 68.8 Å². The van der Waals surface area contributed by atoms with E-state index in [0.29, 0.717) is 5.75 Å². The monoisotopic (exact) mass is 381 g/mol. The van der Waals surface area contributed by atoms with E-state index in [1.54, 1.807) is 6.92 Å². The van der Waals surface area contributed by atoms with Gasteiger partial charge in [0.05, 0.1) is 0 Å². The minimum absolute atomic E-state index is 0.145. The van der Waals surface area contributed by atoms with Crippen LogP contribution < -0.4 is 15.0 Å². The number of nitrogens with zero attached hydrogens (tertiary/aromatic N) is 2. The minimum Gasteiger partial charge on any atom is -0.481 e. The predicted octanol–water partition coefficient (Wildman–Crippen LogP) is 3.85. The number of rotatable bonds is 6. The topological polar surface area (TPSA) is 44.8 Å². The Kier molecular flexibility index (Phi) is 6.57. The molecule has 2 aromatic carbocycles. The third-order valence-corrected chi connectivity index (χ3v) is 5.32. The third kappa shape index (κ3) is 5.04. The maximum atomic E-state index is 12.6. The van der Waals surface area contributed by atoms with Crippen LogP contribution in [0.2, 0.25) is 0 Å². The fraction of sp³-hybridized carbons (Fsp3) is 0.435. The highest BCUT2D eigenvalue weighted by molar-refractivity contribution is 5.95. The second kappa shape index (κ2) is 9.11. The summed E-state index contributed by atoms with van der Waals surface area (Å²) >= 11 is 0. The van der Waals surface area contributed by atoms with Gasteiger partial charge in [0.1, 0.15) is 5.75 Å². The Labute approximate surface area is 168 Å². The van der Waals surface area contributed by atoms with Gasteiger partial charge in [0, 0.05) is 37.6 Å². The summed E-state index contributed by atoms with van der Waals surface area (Å²) in [5.41, 5.74) is 4.22. The Hall–Kier alpha value is -2.53. The summed E-state index contributed by atoms with van der Waals surface area (Å²) in [5, 5.41) is 3.00. The van der Waals surface area contributed by atoms with Gasteiger partial charge in [-0.15, -0.1) is 0 Å². The van der Waals surface area contributed by atoms with Gasteiger partial charge in [0.2, 0.25) is 0 Å². The second-order valence-electron chi connectivity index (χ2n) is 7.49. The number of hydrogen-bond acceptors (Lipinski definition) is 4. The molecular formula is C23H31N3O2. The lowest BCUT2D eigenvalue weighted by Gasteiger charge is -2.35. The zero-order valence-corrected chi connectivity index (χ0v) is 17.4. The molecule has 0 bridgehead atoms. The van der Waals surface area contributed by atoms with Crippen LogP contribution in [0.3, 0.4) is 0 Å². The lowest BCUT2D eigenvalue weighted by Crippen LogP contribution is -2.46. The molecule has 1 N–H and O–H groups in total. The molecule has 150 valence electrons. The van der Waals surface area contributed by atoms with Crippen molar-refractivity contribution in [3.63, 3.8) is 0 Å². The Bertz CT molecular complexity index is 813. The van der Waals surface area contributed by atoms with Crippen molar-refractivity contribution in [1.29, 1.82) is 0 Å². The number of piperazine rings is 1. The summed E-state index contributed by atoms with van der Waals surface area (Å²) in [5.74, 6) is 0.565. The van der Waals surface area contributed by atoms with E-state index in [2.05, 4.69) is 34.2 Å². The summed E-state index contributed by atoms with van der Waals surface area (Å²) in [4.78, 5) is 17.4.